The van der Waals surface area contributed by atoms with E-state index in [9.17, 15) is 0 Å². The maximum Gasteiger partial charge on any atom is 0.0242 e. The van der Waals surface area contributed by atoms with E-state index in [0.29, 0.717) is 12.1 Å². The highest BCUT2D eigenvalue weighted by molar-refractivity contribution is 4.94. The van der Waals surface area contributed by atoms with Gasteiger partial charge in [-0.1, -0.05) is 26.2 Å². The normalized spacial score (nSPS) is 28.8. The van der Waals surface area contributed by atoms with Gasteiger partial charge in [0.1, 0.15) is 0 Å². The third-order valence-corrected chi connectivity index (χ3v) is 4.80. The largest absolute Gasteiger partial charge is 0.311 e. The van der Waals surface area contributed by atoms with Gasteiger partial charge in [0.25, 0.3) is 0 Å². The van der Waals surface area contributed by atoms with Gasteiger partial charge >= 0.3 is 0 Å². The zero-order chi connectivity index (χ0) is 12.8. The Morgan fingerprint density at radius 3 is 2.78 bits per heavy atom. The molecule has 0 aromatic heterocycles. The quantitative estimate of drug-likeness (QED) is 0.770. The van der Waals surface area contributed by atoms with Crippen molar-refractivity contribution in [3.63, 3.8) is 0 Å². The Kier molecular flexibility index (Phi) is 5.53. The van der Waals surface area contributed by atoms with Gasteiger partial charge in [-0.25, -0.2) is 0 Å². The minimum Gasteiger partial charge on any atom is -0.311 e. The van der Waals surface area contributed by atoms with Crippen LogP contribution in [0.15, 0.2) is 0 Å². The third kappa shape index (κ3) is 3.49. The Labute approximate surface area is 113 Å². The lowest BCUT2D eigenvalue weighted by atomic mass is 9.83. The molecule has 102 valence electrons. The van der Waals surface area contributed by atoms with Crippen molar-refractivity contribution in [3.8, 4) is 12.3 Å². The zero-order valence-corrected chi connectivity index (χ0v) is 11.8. The third-order valence-electron chi connectivity index (χ3n) is 4.80. The van der Waals surface area contributed by atoms with E-state index in [4.69, 9.17) is 6.42 Å². The van der Waals surface area contributed by atoms with Gasteiger partial charge in [-0.2, -0.15) is 0 Å². The van der Waals surface area contributed by atoms with Crippen molar-refractivity contribution in [2.45, 2.75) is 64.0 Å². The average molecular weight is 248 g/mol. The van der Waals surface area contributed by atoms with Crippen LogP contribution in [0.1, 0.15) is 51.9 Å². The first kappa shape index (κ1) is 13.9. The van der Waals surface area contributed by atoms with E-state index in [-0.39, 0.29) is 0 Å². The summed E-state index contributed by atoms with van der Waals surface area (Å²) in [5.74, 6) is 3.76. The first-order chi connectivity index (χ1) is 8.85. The zero-order valence-electron chi connectivity index (χ0n) is 11.8. The molecule has 2 fully saturated rings. The minimum absolute atomic E-state index is 0.600. The van der Waals surface area contributed by atoms with Crippen LogP contribution in [-0.4, -0.2) is 36.6 Å². The van der Waals surface area contributed by atoms with Gasteiger partial charge in [0.05, 0.1) is 0 Å². The molecule has 2 nitrogen and oxygen atoms in total. The summed E-state index contributed by atoms with van der Waals surface area (Å²) < 4.78 is 0. The first-order valence-electron chi connectivity index (χ1n) is 7.76. The van der Waals surface area contributed by atoms with Crippen LogP contribution in [0.5, 0.6) is 0 Å². The molecule has 2 unspecified atom stereocenters. The fraction of sp³-hybridized carbons (Fsp3) is 0.875. The van der Waals surface area contributed by atoms with Gasteiger partial charge in [-0.05, 0) is 25.2 Å². The van der Waals surface area contributed by atoms with Gasteiger partial charge in [0.15, 0.2) is 0 Å². The summed E-state index contributed by atoms with van der Waals surface area (Å²) in [6.07, 6.45) is 14.8. The Morgan fingerprint density at radius 1 is 1.33 bits per heavy atom. The molecule has 0 amide bonds. The molecule has 18 heavy (non-hydrogen) atoms. The standard InChI is InChI=1S/C16H28N2/c1-3-8-15(4-2)18-12-11-17-16(13-18)14-9-6-5-7-10-14/h1,14-17H,4-13H2,2H3. The van der Waals surface area contributed by atoms with E-state index < -0.39 is 0 Å². The predicted octanol–water partition coefficient (Wildman–Crippen LogP) is 2.64. The van der Waals surface area contributed by atoms with Crippen LogP contribution in [0.2, 0.25) is 0 Å². The van der Waals surface area contributed by atoms with E-state index in [0.717, 1.165) is 18.9 Å². The van der Waals surface area contributed by atoms with Crippen LogP contribution in [0.25, 0.3) is 0 Å². The van der Waals surface area contributed by atoms with Crippen LogP contribution in [-0.2, 0) is 0 Å². The number of nitrogens with one attached hydrogen (secondary N) is 1. The molecule has 1 heterocycles. The smallest absolute Gasteiger partial charge is 0.0242 e. The average Bonchev–Trinajstić information content (AvgIpc) is 2.46. The Balaban J connectivity index is 1.88. The number of rotatable bonds is 4. The molecule has 2 aliphatic rings. The van der Waals surface area contributed by atoms with Crippen LogP contribution in [0.3, 0.4) is 0 Å². The molecular weight excluding hydrogens is 220 g/mol. The Hall–Kier alpha value is -0.520. The molecule has 0 bridgehead atoms. The van der Waals surface area contributed by atoms with Crippen LogP contribution in [0, 0.1) is 18.3 Å². The summed E-state index contributed by atoms with van der Waals surface area (Å²) in [4.78, 5) is 2.63. The topological polar surface area (TPSA) is 15.3 Å². The lowest BCUT2D eigenvalue weighted by Gasteiger charge is -2.42. The molecule has 1 saturated heterocycles. The second-order valence-corrected chi connectivity index (χ2v) is 5.92. The highest BCUT2D eigenvalue weighted by Crippen LogP contribution is 2.28. The molecule has 2 atom stereocenters. The van der Waals surface area contributed by atoms with E-state index >= 15 is 0 Å². The van der Waals surface area contributed by atoms with Crippen molar-refractivity contribution in [2.75, 3.05) is 19.6 Å². The molecule has 1 N–H and O–H groups in total. The fourth-order valence-corrected chi connectivity index (χ4v) is 3.65. The maximum absolute atomic E-state index is 5.50. The number of piperazine rings is 1. The molecule has 2 rings (SSSR count). The summed E-state index contributed by atoms with van der Waals surface area (Å²) in [5.41, 5.74) is 0. The number of nitrogens with zero attached hydrogens (tertiary/aromatic N) is 1. The lowest BCUT2D eigenvalue weighted by Crippen LogP contribution is -2.56. The number of hydrogen-bond donors (Lipinski definition) is 1. The highest BCUT2D eigenvalue weighted by atomic mass is 15.2. The number of hydrogen-bond acceptors (Lipinski definition) is 2. The Bertz CT molecular complexity index is 275. The van der Waals surface area contributed by atoms with E-state index in [1.54, 1.807) is 0 Å². The van der Waals surface area contributed by atoms with Crippen molar-refractivity contribution >= 4 is 0 Å². The SMILES string of the molecule is C#CCC(CC)N1CCNC(C2CCCCC2)C1. The van der Waals surface area contributed by atoms with Crippen molar-refractivity contribution in [2.24, 2.45) is 5.92 Å². The molecule has 1 aliphatic carbocycles. The van der Waals surface area contributed by atoms with Crippen molar-refractivity contribution in [3.05, 3.63) is 0 Å². The summed E-state index contributed by atoms with van der Waals surface area (Å²) in [5, 5.41) is 3.75. The van der Waals surface area contributed by atoms with Crippen molar-refractivity contribution < 1.29 is 0 Å². The molecule has 0 aromatic rings. The summed E-state index contributed by atoms with van der Waals surface area (Å²) in [6.45, 7) is 5.79. The van der Waals surface area contributed by atoms with Crippen LogP contribution >= 0.6 is 0 Å². The predicted molar refractivity (Wildman–Crippen MR) is 77.5 cm³/mol. The van der Waals surface area contributed by atoms with Gasteiger partial charge < -0.3 is 5.32 Å². The molecule has 0 radical (unpaired) electrons. The molecule has 1 aliphatic heterocycles. The van der Waals surface area contributed by atoms with Crippen LogP contribution < -0.4 is 5.32 Å². The van der Waals surface area contributed by atoms with Crippen molar-refractivity contribution in [1.29, 1.82) is 0 Å². The van der Waals surface area contributed by atoms with Gasteiger partial charge in [0.2, 0.25) is 0 Å². The fourth-order valence-electron chi connectivity index (χ4n) is 3.65. The molecule has 0 aromatic carbocycles. The molecule has 0 spiro atoms. The lowest BCUT2D eigenvalue weighted by molar-refractivity contribution is 0.107. The second kappa shape index (κ2) is 7.16. The monoisotopic (exact) mass is 248 g/mol. The summed E-state index contributed by atoms with van der Waals surface area (Å²) in [7, 11) is 0. The molecule has 1 saturated carbocycles. The van der Waals surface area contributed by atoms with Gasteiger partial charge in [0, 0.05) is 38.1 Å². The van der Waals surface area contributed by atoms with Gasteiger partial charge in [-0.3, -0.25) is 4.90 Å². The van der Waals surface area contributed by atoms with Crippen molar-refractivity contribution in [1.82, 2.24) is 10.2 Å². The summed E-state index contributed by atoms with van der Waals surface area (Å²) >= 11 is 0. The van der Waals surface area contributed by atoms with Crippen LogP contribution in [0.4, 0.5) is 0 Å². The maximum atomic E-state index is 5.50. The Morgan fingerprint density at radius 2 is 2.11 bits per heavy atom. The second-order valence-electron chi connectivity index (χ2n) is 5.92. The van der Waals surface area contributed by atoms with E-state index in [2.05, 4.69) is 23.1 Å². The van der Waals surface area contributed by atoms with Gasteiger partial charge in [-0.15, -0.1) is 12.3 Å². The highest BCUT2D eigenvalue weighted by Gasteiger charge is 2.30. The van der Waals surface area contributed by atoms with E-state index in [1.807, 2.05) is 0 Å². The van der Waals surface area contributed by atoms with E-state index in [1.165, 1.54) is 51.6 Å². The molecular formula is C16H28N2. The first-order valence-corrected chi connectivity index (χ1v) is 7.76. The minimum atomic E-state index is 0.600. The summed E-state index contributed by atoms with van der Waals surface area (Å²) in [6, 6.07) is 1.31. The molecule has 2 heteroatoms. The number of terminal acetylenes is 1.